The van der Waals surface area contributed by atoms with E-state index in [1.807, 2.05) is 39.0 Å². The summed E-state index contributed by atoms with van der Waals surface area (Å²) in [6.45, 7) is 7.92. The highest BCUT2D eigenvalue weighted by molar-refractivity contribution is 6.01. The van der Waals surface area contributed by atoms with Crippen molar-refractivity contribution >= 4 is 17.8 Å². The number of hydrogen-bond acceptors (Lipinski definition) is 2. The largest absolute Gasteiger partial charge is 0.305 e. The minimum absolute atomic E-state index is 0.181. The Balaban J connectivity index is 2.08. The van der Waals surface area contributed by atoms with Crippen LogP contribution >= 0.6 is 0 Å². The molecule has 2 rings (SSSR count). The van der Waals surface area contributed by atoms with Gasteiger partial charge in [0, 0.05) is 17.3 Å². The van der Waals surface area contributed by atoms with Gasteiger partial charge in [0.05, 0.1) is 0 Å². The molecule has 104 valence electrons. The number of nitrogens with zero attached hydrogens (tertiary/aromatic N) is 1. The van der Waals surface area contributed by atoms with E-state index in [9.17, 15) is 4.79 Å². The summed E-state index contributed by atoms with van der Waals surface area (Å²) in [7, 11) is 0. The Hall–Kier alpha value is -2.36. The summed E-state index contributed by atoms with van der Waals surface area (Å²) >= 11 is 0. The zero-order valence-electron chi connectivity index (χ0n) is 12.2. The van der Waals surface area contributed by atoms with Crippen molar-refractivity contribution in [2.45, 2.75) is 27.7 Å². The van der Waals surface area contributed by atoms with Crippen molar-refractivity contribution in [2.24, 2.45) is 0 Å². The third-order valence-corrected chi connectivity index (χ3v) is 3.33. The predicted molar refractivity (Wildman–Crippen MR) is 81.6 cm³/mol. The molecule has 0 aliphatic heterocycles. The summed E-state index contributed by atoms with van der Waals surface area (Å²) in [4.78, 5) is 11.9. The van der Waals surface area contributed by atoms with Gasteiger partial charge >= 0.3 is 0 Å². The number of H-pyrrole nitrogens is 1. The zero-order chi connectivity index (χ0) is 14.7. The molecule has 0 bridgehead atoms. The lowest BCUT2D eigenvalue weighted by Crippen LogP contribution is -2.09. The molecule has 2 aromatic rings. The van der Waals surface area contributed by atoms with Crippen LogP contribution in [0.1, 0.15) is 27.9 Å². The molecule has 0 aliphatic rings. The number of aromatic amines is 1. The smallest absolute Gasteiger partial charge is 0.249 e. The molecule has 20 heavy (non-hydrogen) atoms. The summed E-state index contributed by atoms with van der Waals surface area (Å²) in [6, 6.07) is 6.14. The lowest BCUT2D eigenvalue weighted by Gasteiger charge is -2.02. The van der Waals surface area contributed by atoms with Gasteiger partial charge in [-0.05, 0) is 44.9 Å². The van der Waals surface area contributed by atoms with Gasteiger partial charge in [0.1, 0.15) is 0 Å². The molecular formula is C16H19N3O. The summed E-state index contributed by atoms with van der Waals surface area (Å²) in [6.07, 6.45) is 3.35. The van der Waals surface area contributed by atoms with Crippen LogP contribution in [0.4, 0.5) is 5.82 Å². The molecule has 0 fully saturated rings. The number of nitrogens with one attached hydrogen (secondary N) is 2. The van der Waals surface area contributed by atoms with E-state index in [1.54, 1.807) is 0 Å². The van der Waals surface area contributed by atoms with E-state index in [-0.39, 0.29) is 5.91 Å². The highest BCUT2D eigenvalue weighted by Crippen LogP contribution is 2.15. The lowest BCUT2D eigenvalue weighted by molar-refractivity contribution is -0.111. The Morgan fingerprint density at radius 1 is 1.25 bits per heavy atom. The minimum atomic E-state index is -0.181. The number of carbonyl (C=O) groups excluding carboxylic acids is 1. The molecule has 0 aliphatic carbocycles. The van der Waals surface area contributed by atoms with Crippen LogP contribution in [0, 0.1) is 27.7 Å². The number of rotatable bonds is 3. The van der Waals surface area contributed by atoms with Gasteiger partial charge in [-0.1, -0.05) is 23.8 Å². The van der Waals surface area contributed by atoms with Crippen molar-refractivity contribution < 1.29 is 4.79 Å². The fourth-order valence-electron chi connectivity index (χ4n) is 1.94. The molecule has 0 atom stereocenters. The Labute approximate surface area is 118 Å². The summed E-state index contributed by atoms with van der Waals surface area (Å²) < 4.78 is 0. The number of benzene rings is 1. The van der Waals surface area contributed by atoms with Crippen LogP contribution in [-0.4, -0.2) is 16.1 Å². The zero-order valence-corrected chi connectivity index (χ0v) is 12.2. The van der Waals surface area contributed by atoms with E-state index >= 15 is 0 Å². The van der Waals surface area contributed by atoms with Gasteiger partial charge in [0.25, 0.3) is 0 Å². The standard InChI is InChI=1S/C16H19N3O/c1-10-5-6-14(11(2)9-10)7-8-15(20)17-16-12(3)13(4)18-19-16/h5-9H,1-4H3,(H2,17,18,19,20)/b8-7+. The first kappa shape index (κ1) is 14.1. The maximum Gasteiger partial charge on any atom is 0.249 e. The second kappa shape index (κ2) is 5.74. The maximum atomic E-state index is 11.9. The molecule has 1 heterocycles. The number of hydrogen-bond donors (Lipinski definition) is 2. The Bertz CT molecular complexity index is 668. The summed E-state index contributed by atoms with van der Waals surface area (Å²) in [5.74, 6) is 0.400. The van der Waals surface area contributed by atoms with Gasteiger partial charge in [0.15, 0.2) is 5.82 Å². The van der Waals surface area contributed by atoms with E-state index in [0.717, 1.165) is 22.4 Å². The fourth-order valence-corrected chi connectivity index (χ4v) is 1.94. The number of aryl methyl sites for hydroxylation is 3. The summed E-state index contributed by atoms with van der Waals surface area (Å²) in [5, 5.41) is 9.66. The minimum Gasteiger partial charge on any atom is -0.305 e. The average Bonchev–Trinajstić information content (AvgIpc) is 2.70. The van der Waals surface area contributed by atoms with Crippen LogP contribution in [0.2, 0.25) is 0 Å². The molecule has 1 aromatic heterocycles. The van der Waals surface area contributed by atoms with Gasteiger partial charge in [-0.15, -0.1) is 0 Å². The van der Waals surface area contributed by atoms with Crippen LogP contribution in [0.15, 0.2) is 24.3 Å². The Morgan fingerprint density at radius 3 is 2.60 bits per heavy atom. The second-order valence-electron chi connectivity index (χ2n) is 5.00. The summed E-state index contributed by atoms with van der Waals surface area (Å²) in [5.41, 5.74) is 5.32. The van der Waals surface area contributed by atoms with Gasteiger partial charge in [0.2, 0.25) is 5.91 Å². The van der Waals surface area contributed by atoms with Crippen LogP contribution < -0.4 is 5.32 Å². The van der Waals surface area contributed by atoms with E-state index in [2.05, 4.69) is 28.5 Å². The second-order valence-corrected chi connectivity index (χ2v) is 5.00. The molecule has 0 unspecified atom stereocenters. The van der Waals surface area contributed by atoms with E-state index in [0.29, 0.717) is 5.82 Å². The van der Waals surface area contributed by atoms with Gasteiger partial charge in [-0.25, -0.2) is 0 Å². The highest BCUT2D eigenvalue weighted by atomic mass is 16.1. The monoisotopic (exact) mass is 269 g/mol. The molecule has 1 aromatic carbocycles. The molecule has 4 heteroatoms. The molecule has 0 saturated heterocycles. The van der Waals surface area contributed by atoms with Gasteiger partial charge < -0.3 is 5.32 Å². The fraction of sp³-hybridized carbons (Fsp3) is 0.250. The van der Waals surface area contributed by atoms with Crippen molar-refractivity contribution in [2.75, 3.05) is 5.32 Å². The van der Waals surface area contributed by atoms with Crippen molar-refractivity contribution in [3.8, 4) is 0 Å². The molecule has 2 N–H and O–H groups in total. The first-order valence-electron chi connectivity index (χ1n) is 6.55. The van der Waals surface area contributed by atoms with Crippen molar-refractivity contribution in [1.82, 2.24) is 10.2 Å². The van der Waals surface area contributed by atoms with Crippen LogP contribution in [0.25, 0.3) is 6.08 Å². The molecule has 1 amide bonds. The SMILES string of the molecule is Cc1ccc(/C=C/C(=O)Nc2n[nH]c(C)c2C)c(C)c1. The third-order valence-electron chi connectivity index (χ3n) is 3.33. The molecule has 0 spiro atoms. The Kier molecular flexibility index (Phi) is 4.03. The first-order valence-corrected chi connectivity index (χ1v) is 6.55. The highest BCUT2D eigenvalue weighted by Gasteiger charge is 2.07. The molecule has 0 saturated carbocycles. The van der Waals surface area contributed by atoms with Gasteiger partial charge in [-0.2, -0.15) is 5.10 Å². The number of amides is 1. The maximum absolute atomic E-state index is 11.9. The quantitative estimate of drug-likeness (QED) is 0.840. The Morgan fingerprint density at radius 2 is 2.00 bits per heavy atom. The van der Waals surface area contributed by atoms with E-state index < -0.39 is 0 Å². The number of aromatic nitrogens is 2. The lowest BCUT2D eigenvalue weighted by atomic mass is 10.1. The predicted octanol–water partition coefficient (Wildman–Crippen LogP) is 3.30. The third kappa shape index (κ3) is 3.15. The van der Waals surface area contributed by atoms with Crippen LogP contribution in [-0.2, 0) is 4.79 Å². The van der Waals surface area contributed by atoms with Crippen molar-refractivity contribution in [3.05, 3.63) is 52.2 Å². The average molecular weight is 269 g/mol. The van der Waals surface area contributed by atoms with Crippen molar-refractivity contribution in [1.29, 1.82) is 0 Å². The van der Waals surface area contributed by atoms with Gasteiger partial charge in [-0.3, -0.25) is 9.89 Å². The molecule has 0 radical (unpaired) electrons. The van der Waals surface area contributed by atoms with Crippen molar-refractivity contribution in [3.63, 3.8) is 0 Å². The van der Waals surface area contributed by atoms with E-state index in [4.69, 9.17) is 0 Å². The number of anilines is 1. The topological polar surface area (TPSA) is 57.8 Å². The van der Waals surface area contributed by atoms with E-state index in [1.165, 1.54) is 11.6 Å². The number of carbonyl (C=O) groups is 1. The molecular weight excluding hydrogens is 250 g/mol. The van der Waals surface area contributed by atoms with Crippen LogP contribution in [0.5, 0.6) is 0 Å². The van der Waals surface area contributed by atoms with Crippen LogP contribution in [0.3, 0.4) is 0 Å². The first-order chi connectivity index (χ1) is 9.47. The normalized spacial score (nSPS) is 11.0. The molecule has 4 nitrogen and oxygen atoms in total.